The van der Waals surface area contributed by atoms with Gasteiger partial charge in [0.15, 0.2) is 0 Å². The van der Waals surface area contributed by atoms with Gasteiger partial charge < -0.3 is 0 Å². The summed E-state index contributed by atoms with van der Waals surface area (Å²) in [6.45, 7) is 4.82. The van der Waals surface area contributed by atoms with Crippen molar-refractivity contribution < 1.29 is 0 Å². The Morgan fingerprint density at radius 3 is 1.98 bits per heavy atom. The summed E-state index contributed by atoms with van der Waals surface area (Å²) in [4.78, 5) is 5.07. The maximum atomic E-state index is 5.07. The van der Waals surface area contributed by atoms with Crippen molar-refractivity contribution in [2.45, 2.75) is 19.3 Å². The van der Waals surface area contributed by atoms with E-state index in [2.05, 4.69) is 176 Å². The average Bonchev–Trinajstić information content (AvgIpc) is 3.65. The second kappa shape index (κ2) is 10.0. The van der Waals surface area contributed by atoms with Gasteiger partial charge in [0.1, 0.15) is 5.82 Å². The van der Waals surface area contributed by atoms with E-state index in [1.54, 1.807) is 0 Å². The molecule has 1 aliphatic rings. The molecule has 0 atom stereocenters. The van der Waals surface area contributed by atoms with Crippen LogP contribution in [-0.4, -0.2) is 9.55 Å². The normalized spacial score (nSPS) is 13.4. The molecular weight excluding hydrogens is 581 g/mol. The van der Waals surface area contributed by atoms with E-state index in [0.29, 0.717) is 0 Å². The zero-order valence-electron chi connectivity index (χ0n) is 26.9. The molecule has 0 saturated carbocycles. The lowest BCUT2D eigenvalue weighted by molar-refractivity contribution is 0.672. The number of para-hydroxylation sites is 2. The minimum atomic E-state index is -0.147. The van der Waals surface area contributed by atoms with Crippen molar-refractivity contribution in [2.24, 2.45) is 0 Å². The number of fused-ring (bicyclic) bond motifs is 11. The molecule has 0 unspecified atom stereocenters. The van der Waals surface area contributed by atoms with Gasteiger partial charge in [-0.3, -0.25) is 4.57 Å². The van der Waals surface area contributed by atoms with Crippen molar-refractivity contribution in [3.05, 3.63) is 169 Å². The van der Waals surface area contributed by atoms with Crippen molar-refractivity contribution in [3.63, 3.8) is 0 Å². The number of nitrogens with zero attached hydrogens (tertiary/aromatic N) is 2. The molecular formula is C46H32N2. The van der Waals surface area contributed by atoms with Crippen LogP contribution in [0.25, 0.3) is 82.7 Å². The van der Waals surface area contributed by atoms with Crippen molar-refractivity contribution in [3.8, 4) is 39.3 Å². The van der Waals surface area contributed by atoms with E-state index in [9.17, 15) is 0 Å². The molecule has 226 valence electrons. The molecule has 2 heteroatoms. The molecule has 0 N–H and O–H groups in total. The van der Waals surface area contributed by atoms with Gasteiger partial charge in [0.25, 0.3) is 0 Å². The van der Waals surface area contributed by atoms with Gasteiger partial charge in [-0.1, -0.05) is 141 Å². The van der Waals surface area contributed by atoms with Gasteiger partial charge in [-0.05, 0) is 96.0 Å². The largest absolute Gasteiger partial charge is 0.292 e. The van der Waals surface area contributed by atoms with Crippen molar-refractivity contribution >= 4 is 43.4 Å². The smallest absolute Gasteiger partial charge is 0.145 e. The minimum absolute atomic E-state index is 0.147. The van der Waals surface area contributed by atoms with Gasteiger partial charge in [0.2, 0.25) is 0 Å². The Kier molecular flexibility index (Phi) is 5.66. The maximum absolute atomic E-state index is 5.07. The van der Waals surface area contributed by atoms with Crippen LogP contribution in [0.4, 0.5) is 0 Å². The molecule has 0 fully saturated rings. The van der Waals surface area contributed by atoms with Crippen LogP contribution in [0, 0.1) is 0 Å². The van der Waals surface area contributed by atoms with Crippen LogP contribution in [0.15, 0.2) is 158 Å². The van der Waals surface area contributed by atoms with E-state index in [-0.39, 0.29) is 5.41 Å². The van der Waals surface area contributed by atoms with Crippen LogP contribution in [0.1, 0.15) is 25.0 Å². The molecule has 48 heavy (non-hydrogen) atoms. The Balaban J connectivity index is 1.14. The average molecular weight is 613 g/mol. The van der Waals surface area contributed by atoms with Crippen LogP contribution in [0.5, 0.6) is 0 Å². The van der Waals surface area contributed by atoms with E-state index in [1.807, 2.05) is 0 Å². The Bertz CT molecular complexity index is 2750. The zero-order valence-corrected chi connectivity index (χ0v) is 26.9. The summed E-state index contributed by atoms with van der Waals surface area (Å²) in [6.07, 6.45) is 0. The first kappa shape index (κ1) is 27.2. The predicted molar refractivity (Wildman–Crippen MR) is 202 cm³/mol. The topological polar surface area (TPSA) is 17.8 Å². The number of hydrogen-bond donors (Lipinski definition) is 0. The van der Waals surface area contributed by atoms with E-state index in [1.165, 1.54) is 65.7 Å². The van der Waals surface area contributed by atoms with Crippen molar-refractivity contribution in [1.82, 2.24) is 9.55 Å². The summed E-state index contributed by atoms with van der Waals surface area (Å²) in [5.74, 6) is 0.949. The van der Waals surface area contributed by atoms with Gasteiger partial charge >= 0.3 is 0 Å². The van der Waals surface area contributed by atoms with E-state index in [4.69, 9.17) is 4.98 Å². The SMILES string of the molecule is CC1(C)c2c(ccc3cc(-c4cccc(-n5c(-c6ccccc6)nc6ccccc65)c4)ccc23)-c2c1c1ccccc1c1ccccc21. The molecule has 0 aliphatic heterocycles. The first-order valence-corrected chi connectivity index (χ1v) is 16.7. The molecule has 2 nitrogen and oxygen atoms in total. The lowest BCUT2D eigenvalue weighted by Gasteiger charge is -2.25. The fourth-order valence-electron chi connectivity index (χ4n) is 8.48. The molecule has 1 aromatic heterocycles. The van der Waals surface area contributed by atoms with E-state index >= 15 is 0 Å². The summed E-state index contributed by atoms with van der Waals surface area (Å²) < 4.78 is 2.29. The van der Waals surface area contributed by atoms with Crippen LogP contribution in [0.3, 0.4) is 0 Å². The Morgan fingerprint density at radius 1 is 0.479 bits per heavy atom. The number of imidazole rings is 1. The molecule has 1 aliphatic carbocycles. The molecule has 1 heterocycles. The van der Waals surface area contributed by atoms with Crippen molar-refractivity contribution in [2.75, 3.05) is 0 Å². The summed E-state index contributed by atoms with van der Waals surface area (Å²) in [5.41, 5.74) is 12.2. The van der Waals surface area contributed by atoms with Crippen LogP contribution in [0.2, 0.25) is 0 Å². The first-order chi connectivity index (χ1) is 23.6. The molecule has 0 saturated heterocycles. The van der Waals surface area contributed by atoms with E-state index < -0.39 is 0 Å². The monoisotopic (exact) mass is 612 g/mol. The lowest BCUT2D eigenvalue weighted by Crippen LogP contribution is -2.16. The lowest BCUT2D eigenvalue weighted by atomic mass is 9.77. The highest BCUT2D eigenvalue weighted by atomic mass is 15.1. The summed E-state index contributed by atoms with van der Waals surface area (Å²) in [7, 11) is 0. The van der Waals surface area contributed by atoms with Gasteiger partial charge in [-0.2, -0.15) is 0 Å². The fourth-order valence-corrected chi connectivity index (χ4v) is 8.48. The van der Waals surface area contributed by atoms with Crippen LogP contribution in [-0.2, 0) is 5.41 Å². The van der Waals surface area contributed by atoms with Crippen LogP contribution >= 0.6 is 0 Å². The Morgan fingerprint density at radius 2 is 1.15 bits per heavy atom. The molecule has 8 aromatic carbocycles. The highest BCUT2D eigenvalue weighted by molar-refractivity contribution is 6.19. The quantitative estimate of drug-likeness (QED) is 0.182. The minimum Gasteiger partial charge on any atom is -0.292 e. The molecule has 0 amide bonds. The molecule has 10 rings (SSSR count). The van der Waals surface area contributed by atoms with Crippen LogP contribution < -0.4 is 0 Å². The zero-order chi connectivity index (χ0) is 32.0. The standard InChI is InChI=1S/C46H32N2/c1-46(2)43-34-25-23-31(27-32(34)24-26-39(43)42-37-19-8-6-17-35(37)36-18-7-9-20-38(36)44(42)46)30-15-12-16-33(28-30)48-41-22-11-10-21-40(41)47-45(48)29-13-4-3-5-14-29/h3-28H,1-2H3. The molecule has 0 radical (unpaired) electrons. The summed E-state index contributed by atoms with van der Waals surface area (Å²) in [6, 6.07) is 57.3. The summed E-state index contributed by atoms with van der Waals surface area (Å²) in [5, 5.41) is 7.95. The highest BCUT2D eigenvalue weighted by Crippen LogP contribution is 2.56. The fraction of sp³-hybridized carbons (Fsp3) is 0.0652. The molecule has 9 aromatic rings. The molecule has 0 spiro atoms. The first-order valence-electron chi connectivity index (χ1n) is 16.7. The second-order valence-electron chi connectivity index (χ2n) is 13.6. The predicted octanol–water partition coefficient (Wildman–Crippen LogP) is 12.1. The third kappa shape index (κ3) is 3.77. The van der Waals surface area contributed by atoms with Crippen molar-refractivity contribution in [1.29, 1.82) is 0 Å². The highest BCUT2D eigenvalue weighted by Gasteiger charge is 2.39. The van der Waals surface area contributed by atoms with E-state index in [0.717, 1.165) is 28.1 Å². The van der Waals surface area contributed by atoms with Gasteiger partial charge in [0, 0.05) is 16.7 Å². The Hall–Kier alpha value is -5.99. The summed E-state index contributed by atoms with van der Waals surface area (Å²) >= 11 is 0. The third-order valence-electron chi connectivity index (χ3n) is 10.5. The maximum Gasteiger partial charge on any atom is 0.145 e. The number of aromatic nitrogens is 2. The number of rotatable bonds is 3. The number of benzene rings is 8. The van der Waals surface area contributed by atoms with Gasteiger partial charge in [0.05, 0.1) is 11.0 Å². The second-order valence-corrected chi connectivity index (χ2v) is 13.6. The number of hydrogen-bond acceptors (Lipinski definition) is 1. The third-order valence-corrected chi connectivity index (χ3v) is 10.5. The molecule has 0 bridgehead atoms. The van der Waals surface area contributed by atoms with Gasteiger partial charge in [-0.25, -0.2) is 4.98 Å². The Labute approximate surface area is 279 Å². The van der Waals surface area contributed by atoms with Gasteiger partial charge in [-0.15, -0.1) is 0 Å².